The number of carbonyl (C=O) groups is 3. The zero-order valence-corrected chi connectivity index (χ0v) is 25.0. The van der Waals surface area contributed by atoms with Gasteiger partial charge in [-0.15, -0.1) is 0 Å². The topological polar surface area (TPSA) is 173 Å². The van der Waals surface area contributed by atoms with Crippen molar-refractivity contribution in [3.05, 3.63) is 62.9 Å². The summed E-state index contributed by atoms with van der Waals surface area (Å²) in [5.41, 5.74) is 0.598. The lowest BCUT2D eigenvalue weighted by Crippen LogP contribution is -2.46. The minimum Gasteiger partial charge on any atom is -0.465 e. The molecule has 0 unspecified atom stereocenters. The average Bonchev–Trinajstić information content (AvgIpc) is 3.34. The molecule has 0 spiro atoms. The van der Waals surface area contributed by atoms with Crippen molar-refractivity contribution in [2.24, 2.45) is 5.16 Å². The van der Waals surface area contributed by atoms with Crippen LogP contribution in [0.2, 0.25) is 0 Å². The number of amides is 2. The molecule has 13 heteroatoms. The number of rotatable bonds is 9. The van der Waals surface area contributed by atoms with Crippen LogP contribution in [0.5, 0.6) is 0 Å². The molecule has 232 valence electrons. The molecule has 0 bridgehead atoms. The van der Waals surface area contributed by atoms with E-state index in [1.807, 2.05) is 24.3 Å². The number of carboxylic acid groups (broad SMARTS) is 1. The fraction of sp³-hybridized carbons (Fsp3) is 0.419. The van der Waals surface area contributed by atoms with Gasteiger partial charge in [0.1, 0.15) is 6.61 Å². The van der Waals surface area contributed by atoms with Crippen molar-refractivity contribution in [1.82, 2.24) is 19.8 Å². The summed E-state index contributed by atoms with van der Waals surface area (Å²) >= 11 is 0. The highest BCUT2D eigenvalue weighted by molar-refractivity contribution is 6.02. The second kappa shape index (κ2) is 11.7. The molecular weight excluding hydrogens is 570 g/mol. The lowest BCUT2D eigenvalue weighted by molar-refractivity contribution is -0.172. The van der Waals surface area contributed by atoms with Crippen molar-refractivity contribution < 1.29 is 34.2 Å². The largest absolute Gasteiger partial charge is 0.465 e. The molecule has 0 saturated heterocycles. The molecule has 3 aromatic rings. The van der Waals surface area contributed by atoms with Gasteiger partial charge in [0.15, 0.2) is 12.2 Å². The van der Waals surface area contributed by atoms with Crippen LogP contribution in [-0.2, 0) is 37.9 Å². The van der Waals surface area contributed by atoms with E-state index in [-0.39, 0.29) is 56.0 Å². The Kier molecular flexibility index (Phi) is 8.17. The molecule has 2 aromatic heterocycles. The van der Waals surface area contributed by atoms with Crippen LogP contribution in [0.1, 0.15) is 62.8 Å². The minimum atomic E-state index is -1.93. The number of ether oxygens (including phenoxy) is 1. The quantitative estimate of drug-likeness (QED) is 0.112. The van der Waals surface area contributed by atoms with E-state index in [1.54, 1.807) is 38.3 Å². The number of aromatic nitrogens is 2. The molecule has 0 fully saturated rings. The number of hydrogen-bond donors (Lipinski definition) is 3. The zero-order chi connectivity index (χ0) is 31.8. The standard InChI is InChI=1S/C31H35N5O8/c1-5-31(42)22-13-24-26-20(15-35(24)27(38)21(22)16-43-28(31)39)19(18-9-6-7-10-23(18)34-26)14-33-44-17-25(37)32-11-8-12-36(29(40)41)30(2,3)4/h6-7,9-10,13-14,42H,5,8,11-12,15-17H2,1-4H3,(H,32,37)(H,40,41)/t31-/m0/s1. The van der Waals surface area contributed by atoms with Gasteiger partial charge in [0, 0.05) is 40.7 Å². The predicted octanol–water partition coefficient (Wildman–Crippen LogP) is 2.71. The second-order valence-corrected chi connectivity index (χ2v) is 11.8. The number of aliphatic hydroxyl groups is 1. The van der Waals surface area contributed by atoms with Crippen LogP contribution in [-0.4, -0.2) is 74.1 Å². The Bertz CT molecular complexity index is 1740. The van der Waals surface area contributed by atoms with Crippen LogP contribution in [0.25, 0.3) is 22.3 Å². The van der Waals surface area contributed by atoms with Crippen molar-refractivity contribution in [2.75, 3.05) is 19.7 Å². The second-order valence-electron chi connectivity index (χ2n) is 11.8. The average molecular weight is 606 g/mol. The van der Waals surface area contributed by atoms with Crippen LogP contribution < -0.4 is 10.9 Å². The van der Waals surface area contributed by atoms with Crippen molar-refractivity contribution in [1.29, 1.82) is 0 Å². The molecule has 5 rings (SSSR count). The van der Waals surface area contributed by atoms with Gasteiger partial charge < -0.3 is 34.6 Å². The number of benzene rings is 1. The van der Waals surface area contributed by atoms with Gasteiger partial charge in [0.25, 0.3) is 11.5 Å². The van der Waals surface area contributed by atoms with Crippen molar-refractivity contribution in [3.63, 3.8) is 0 Å². The van der Waals surface area contributed by atoms with E-state index in [0.717, 1.165) is 5.39 Å². The fourth-order valence-electron chi connectivity index (χ4n) is 5.63. The Labute approximate surface area is 253 Å². The summed E-state index contributed by atoms with van der Waals surface area (Å²) in [6.45, 7) is 7.22. The highest BCUT2D eigenvalue weighted by Gasteiger charge is 2.45. The molecule has 4 heterocycles. The van der Waals surface area contributed by atoms with Crippen molar-refractivity contribution >= 4 is 35.1 Å². The van der Waals surface area contributed by atoms with E-state index in [4.69, 9.17) is 14.6 Å². The van der Waals surface area contributed by atoms with Gasteiger partial charge in [0.05, 0.1) is 35.2 Å². The normalized spacial score (nSPS) is 17.2. The molecule has 3 N–H and O–H groups in total. The Morgan fingerprint density at radius 3 is 2.70 bits per heavy atom. The van der Waals surface area contributed by atoms with E-state index >= 15 is 0 Å². The van der Waals surface area contributed by atoms with Gasteiger partial charge in [-0.1, -0.05) is 30.3 Å². The molecule has 1 aromatic carbocycles. The number of oxime groups is 1. The minimum absolute atomic E-state index is 0.0419. The van der Waals surface area contributed by atoms with Gasteiger partial charge in [-0.05, 0) is 45.7 Å². The van der Waals surface area contributed by atoms with Gasteiger partial charge in [-0.25, -0.2) is 14.6 Å². The van der Waals surface area contributed by atoms with Crippen molar-refractivity contribution in [3.8, 4) is 11.4 Å². The SMILES string of the molecule is CC[C@@]1(O)C(=O)OCc2c1cc1n(c2=O)Cc2c-1nc1ccccc1c2C=NOCC(=O)NCCCN(C(=O)O)C(C)(C)C. The molecule has 2 aliphatic rings. The van der Waals surface area contributed by atoms with Crippen LogP contribution in [0.4, 0.5) is 4.79 Å². The third-order valence-corrected chi connectivity index (χ3v) is 8.01. The third kappa shape index (κ3) is 5.50. The van der Waals surface area contributed by atoms with E-state index < -0.39 is 29.1 Å². The molecular formula is C31H35N5O8. The maximum Gasteiger partial charge on any atom is 0.407 e. The summed E-state index contributed by atoms with van der Waals surface area (Å²) in [5.74, 6) is -1.20. The van der Waals surface area contributed by atoms with Gasteiger partial charge in [-0.2, -0.15) is 0 Å². The van der Waals surface area contributed by atoms with Gasteiger partial charge >= 0.3 is 12.1 Å². The molecule has 0 aliphatic carbocycles. The molecule has 2 amide bonds. The van der Waals surface area contributed by atoms with Crippen molar-refractivity contribution in [2.45, 2.75) is 64.8 Å². The van der Waals surface area contributed by atoms with Crippen LogP contribution in [0.3, 0.4) is 0 Å². The Morgan fingerprint density at radius 2 is 2.00 bits per heavy atom. The summed E-state index contributed by atoms with van der Waals surface area (Å²) in [4.78, 5) is 61.2. The van der Waals surface area contributed by atoms with Crippen LogP contribution in [0, 0.1) is 0 Å². The predicted molar refractivity (Wildman–Crippen MR) is 160 cm³/mol. The molecule has 0 radical (unpaired) electrons. The first-order valence-corrected chi connectivity index (χ1v) is 14.4. The first-order valence-electron chi connectivity index (χ1n) is 14.4. The smallest absolute Gasteiger partial charge is 0.407 e. The van der Waals surface area contributed by atoms with E-state index in [0.29, 0.717) is 34.5 Å². The summed E-state index contributed by atoms with van der Waals surface area (Å²) < 4.78 is 6.69. The van der Waals surface area contributed by atoms with Crippen LogP contribution >= 0.6 is 0 Å². The van der Waals surface area contributed by atoms with Gasteiger partial charge in [0.2, 0.25) is 0 Å². The first kappa shape index (κ1) is 30.7. The number of pyridine rings is 2. The molecule has 0 saturated carbocycles. The number of carbonyl (C=O) groups excluding carboxylic acids is 2. The van der Waals surface area contributed by atoms with Gasteiger partial charge in [-0.3, -0.25) is 9.59 Å². The molecule has 13 nitrogen and oxygen atoms in total. The summed E-state index contributed by atoms with van der Waals surface area (Å²) in [6.07, 6.45) is 0.944. The lowest BCUT2D eigenvalue weighted by Gasteiger charge is -2.33. The van der Waals surface area contributed by atoms with E-state index in [1.165, 1.54) is 11.1 Å². The maximum atomic E-state index is 13.6. The number of cyclic esters (lactones) is 1. The molecule has 2 aliphatic heterocycles. The van der Waals surface area contributed by atoms with Crippen LogP contribution in [0.15, 0.2) is 40.3 Å². The highest BCUT2D eigenvalue weighted by atomic mass is 16.6. The number of esters is 1. The maximum absolute atomic E-state index is 13.6. The Morgan fingerprint density at radius 1 is 1.25 bits per heavy atom. The number of nitrogens with zero attached hydrogens (tertiary/aromatic N) is 4. The lowest BCUT2D eigenvalue weighted by atomic mass is 9.86. The zero-order valence-electron chi connectivity index (χ0n) is 25.0. The summed E-state index contributed by atoms with van der Waals surface area (Å²) in [5, 5.41) is 28.0. The monoisotopic (exact) mass is 605 g/mol. The number of para-hydroxylation sites is 1. The number of hydrogen-bond acceptors (Lipinski definition) is 9. The summed E-state index contributed by atoms with van der Waals surface area (Å²) in [7, 11) is 0. The Hall–Kier alpha value is -4.78. The molecule has 44 heavy (non-hydrogen) atoms. The number of nitrogens with one attached hydrogen (secondary N) is 1. The summed E-state index contributed by atoms with van der Waals surface area (Å²) in [6, 6.07) is 9.03. The first-order chi connectivity index (χ1) is 20.9. The number of fused-ring (bicyclic) bond motifs is 5. The third-order valence-electron chi connectivity index (χ3n) is 8.01. The Balaban J connectivity index is 1.34. The molecule has 1 atom stereocenters. The fourth-order valence-corrected chi connectivity index (χ4v) is 5.63. The van der Waals surface area contributed by atoms with E-state index in [9.17, 15) is 29.4 Å². The highest BCUT2D eigenvalue weighted by Crippen LogP contribution is 2.39. The van der Waals surface area contributed by atoms with E-state index in [2.05, 4.69) is 10.5 Å².